The van der Waals surface area contributed by atoms with E-state index in [4.69, 9.17) is 4.74 Å². The van der Waals surface area contributed by atoms with Gasteiger partial charge in [-0.3, -0.25) is 4.79 Å². The van der Waals surface area contributed by atoms with E-state index in [2.05, 4.69) is 19.2 Å². The van der Waals surface area contributed by atoms with Crippen LogP contribution >= 0.6 is 0 Å². The highest BCUT2D eigenvalue weighted by Gasteiger charge is 2.28. The summed E-state index contributed by atoms with van der Waals surface area (Å²) in [4.78, 5) is 11.8. The molecule has 0 atom stereocenters. The molecule has 1 fully saturated rings. The molecule has 0 spiro atoms. The zero-order valence-electron chi connectivity index (χ0n) is 10.2. The number of carbonyl (C=O) groups is 1. The molecule has 1 aliphatic carbocycles. The van der Waals surface area contributed by atoms with Crippen molar-refractivity contribution in [3.05, 3.63) is 11.6 Å². The SMILES string of the molecule is CC1(C)CCC(NC(=O)C2=CCOC2)CC1. The van der Waals surface area contributed by atoms with E-state index in [9.17, 15) is 4.79 Å². The standard InChI is InChI=1S/C13H21NO2/c1-13(2)6-3-11(4-7-13)14-12(15)10-5-8-16-9-10/h5,11H,3-4,6-9H2,1-2H3,(H,14,15). The highest BCUT2D eigenvalue weighted by atomic mass is 16.5. The molecule has 1 N–H and O–H groups in total. The van der Waals surface area contributed by atoms with Crippen molar-refractivity contribution in [2.24, 2.45) is 5.41 Å². The van der Waals surface area contributed by atoms with Crippen molar-refractivity contribution in [1.29, 1.82) is 0 Å². The Bertz CT molecular complexity index is 297. The van der Waals surface area contributed by atoms with Crippen molar-refractivity contribution in [3.63, 3.8) is 0 Å². The van der Waals surface area contributed by atoms with Crippen molar-refractivity contribution >= 4 is 5.91 Å². The third kappa shape index (κ3) is 2.85. The van der Waals surface area contributed by atoms with Crippen molar-refractivity contribution in [2.75, 3.05) is 13.2 Å². The van der Waals surface area contributed by atoms with Crippen LogP contribution in [0.25, 0.3) is 0 Å². The number of hydrogen-bond acceptors (Lipinski definition) is 2. The van der Waals surface area contributed by atoms with Gasteiger partial charge in [0.15, 0.2) is 0 Å². The topological polar surface area (TPSA) is 38.3 Å². The van der Waals surface area contributed by atoms with Crippen LogP contribution in [-0.4, -0.2) is 25.2 Å². The van der Waals surface area contributed by atoms with Crippen LogP contribution in [0.3, 0.4) is 0 Å². The smallest absolute Gasteiger partial charge is 0.249 e. The predicted octanol–water partition coefficient (Wildman–Crippen LogP) is 2.03. The molecule has 90 valence electrons. The molecular weight excluding hydrogens is 202 g/mol. The average molecular weight is 223 g/mol. The quantitative estimate of drug-likeness (QED) is 0.778. The summed E-state index contributed by atoms with van der Waals surface area (Å²) in [5, 5.41) is 3.11. The lowest BCUT2D eigenvalue weighted by molar-refractivity contribution is -0.118. The maximum atomic E-state index is 11.8. The summed E-state index contributed by atoms with van der Waals surface area (Å²) in [5.74, 6) is 0.0715. The van der Waals surface area contributed by atoms with Gasteiger partial charge < -0.3 is 10.1 Å². The van der Waals surface area contributed by atoms with Crippen LogP contribution in [0.1, 0.15) is 39.5 Å². The summed E-state index contributed by atoms with van der Waals surface area (Å²) in [6.07, 6.45) is 6.49. The van der Waals surface area contributed by atoms with E-state index >= 15 is 0 Å². The molecule has 16 heavy (non-hydrogen) atoms. The Labute approximate surface area is 97.2 Å². The van der Waals surface area contributed by atoms with E-state index in [1.165, 1.54) is 12.8 Å². The van der Waals surface area contributed by atoms with Gasteiger partial charge in [0.2, 0.25) is 5.91 Å². The molecule has 0 radical (unpaired) electrons. The first-order chi connectivity index (χ1) is 7.57. The first kappa shape index (κ1) is 11.6. The van der Waals surface area contributed by atoms with Crippen molar-refractivity contribution in [3.8, 4) is 0 Å². The Hall–Kier alpha value is -0.830. The summed E-state index contributed by atoms with van der Waals surface area (Å²) in [6.45, 7) is 5.67. The Morgan fingerprint density at radius 1 is 1.44 bits per heavy atom. The minimum absolute atomic E-state index is 0.0715. The minimum Gasteiger partial charge on any atom is -0.372 e. The maximum Gasteiger partial charge on any atom is 0.249 e. The molecule has 1 saturated carbocycles. The van der Waals surface area contributed by atoms with Crippen molar-refractivity contribution in [1.82, 2.24) is 5.32 Å². The van der Waals surface area contributed by atoms with Gasteiger partial charge in [-0.15, -0.1) is 0 Å². The largest absolute Gasteiger partial charge is 0.372 e. The van der Waals surface area contributed by atoms with Gasteiger partial charge in [0, 0.05) is 11.6 Å². The number of amides is 1. The molecule has 0 aromatic rings. The second kappa shape index (κ2) is 4.58. The molecule has 3 heteroatoms. The van der Waals surface area contributed by atoms with E-state index in [1.807, 2.05) is 6.08 Å². The fourth-order valence-corrected chi connectivity index (χ4v) is 2.37. The second-order valence-electron chi connectivity index (χ2n) is 5.66. The number of carbonyl (C=O) groups excluding carboxylic acids is 1. The van der Waals surface area contributed by atoms with Gasteiger partial charge in [-0.2, -0.15) is 0 Å². The van der Waals surface area contributed by atoms with Gasteiger partial charge in [0.1, 0.15) is 0 Å². The number of hydrogen-bond donors (Lipinski definition) is 1. The summed E-state index contributed by atoms with van der Waals surface area (Å²) in [6, 6.07) is 0.363. The Morgan fingerprint density at radius 2 is 2.12 bits per heavy atom. The van der Waals surface area contributed by atoms with Crippen molar-refractivity contribution < 1.29 is 9.53 Å². The van der Waals surface area contributed by atoms with Crippen LogP contribution in [0.2, 0.25) is 0 Å². The number of ether oxygens (including phenoxy) is 1. The van der Waals surface area contributed by atoms with Gasteiger partial charge in [-0.05, 0) is 37.2 Å². The summed E-state index contributed by atoms with van der Waals surface area (Å²) in [7, 11) is 0. The molecule has 0 saturated heterocycles. The molecule has 3 nitrogen and oxygen atoms in total. The summed E-state index contributed by atoms with van der Waals surface area (Å²) >= 11 is 0. The van der Waals surface area contributed by atoms with Gasteiger partial charge in [0.05, 0.1) is 13.2 Å². The summed E-state index contributed by atoms with van der Waals surface area (Å²) in [5.41, 5.74) is 1.25. The van der Waals surface area contributed by atoms with E-state index in [-0.39, 0.29) is 5.91 Å². The minimum atomic E-state index is 0.0715. The van der Waals surface area contributed by atoms with Crippen LogP contribution in [0, 0.1) is 5.41 Å². The molecule has 0 aromatic heterocycles. The molecular formula is C13H21NO2. The molecule has 0 aromatic carbocycles. The van der Waals surface area contributed by atoms with Crippen molar-refractivity contribution in [2.45, 2.75) is 45.6 Å². The van der Waals surface area contributed by atoms with Crippen LogP contribution in [0.15, 0.2) is 11.6 Å². The number of nitrogens with one attached hydrogen (secondary N) is 1. The van der Waals surface area contributed by atoms with E-state index in [1.54, 1.807) is 0 Å². The lowest BCUT2D eigenvalue weighted by Gasteiger charge is -2.34. The van der Waals surface area contributed by atoms with E-state index in [0.717, 1.165) is 18.4 Å². The van der Waals surface area contributed by atoms with Crippen LogP contribution < -0.4 is 5.32 Å². The third-order valence-electron chi connectivity index (χ3n) is 3.67. The lowest BCUT2D eigenvalue weighted by atomic mass is 9.75. The Balaban J connectivity index is 1.80. The molecule has 0 unspecified atom stereocenters. The normalized spacial score (nSPS) is 25.2. The van der Waals surface area contributed by atoms with Crippen LogP contribution in [0.4, 0.5) is 0 Å². The van der Waals surface area contributed by atoms with Gasteiger partial charge in [0.25, 0.3) is 0 Å². The zero-order chi connectivity index (χ0) is 11.6. The molecule has 2 rings (SSSR count). The highest BCUT2D eigenvalue weighted by molar-refractivity contribution is 5.94. The van der Waals surface area contributed by atoms with Crippen LogP contribution in [0.5, 0.6) is 0 Å². The second-order valence-corrected chi connectivity index (χ2v) is 5.66. The van der Waals surface area contributed by atoms with Gasteiger partial charge >= 0.3 is 0 Å². The first-order valence-electron chi connectivity index (χ1n) is 6.14. The fraction of sp³-hybridized carbons (Fsp3) is 0.769. The summed E-state index contributed by atoms with van der Waals surface area (Å²) < 4.78 is 5.15. The van der Waals surface area contributed by atoms with E-state index < -0.39 is 0 Å². The average Bonchev–Trinajstić information content (AvgIpc) is 2.74. The van der Waals surface area contributed by atoms with E-state index in [0.29, 0.717) is 24.7 Å². The fourth-order valence-electron chi connectivity index (χ4n) is 2.37. The zero-order valence-corrected chi connectivity index (χ0v) is 10.2. The molecule has 2 aliphatic rings. The lowest BCUT2D eigenvalue weighted by Crippen LogP contribution is -2.40. The molecule has 1 heterocycles. The number of rotatable bonds is 2. The Morgan fingerprint density at radius 3 is 2.69 bits per heavy atom. The van der Waals surface area contributed by atoms with Gasteiger partial charge in [-0.1, -0.05) is 13.8 Å². The monoisotopic (exact) mass is 223 g/mol. The molecule has 0 bridgehead atoms. The first-order valence-corrected chi connectivity index (χ1v) is 6.14. The van der Waals surface area contributed by atoms with Gasteiger partial charge in [-0.25, -0.2) is 0 Å². The Kier molecular flexibility index (Phi) is 3.33. The third-order valence-corrected chi connectivity index (χ3v) is 3.67. The molecule has 1 aliphatic heterocycles. The molecule has 1 amide bonds. The highest BCUT2D eigenvalue weighted by Crippen LogP contribution is 2.35. The maximum absolute atomic E-state index is 11.8. The van der Waals surface area contributed by atoms with Crippen LogP contribution in [-0.2, 0) is 9.53 Å². The predicted molar refractivity (Wildman–Crippen MR) is 63.1 cm³/mol.